The molecule has 0 radical (unpaired) electrons. The fourth-order valence-electron chi connectivity index (χ4n) is 1.08. The second kappa shape index (κ2) is 3.95. The molecule has 1 aromatic rings. The van der Waals surface area contributed by atoms with Crippen molar-refractivity contribution in [2.24, 2.45) is 0 Å². The summed E-state index contributed by atoms with van der Waals surface area (Å²) in [7, 11) is 0. The van der Waals surface area contributed by atoms with Gasteiger partial charge in [0.1, 0.15) is 0 Å². The first-order valence-corrected chi connectivity index (χ1v) is 4.74. The third-order valence-corrected chi connectivity index (χ3v) is 1.95. The van der Waals surface area contributed by atoms with Crippen molar-refractivity contribution in [3.63, 3.8) is 0 Å². The van der Waals surface area contributed by atoms with Crippen LogP contribution in [0.5, 0.6) is 5.88 Å². The summed E-state index contributed by atoms with van der Waals surface area (Å²) in [6.45, 7) is 8.29. The number of hydrogen-bond donors (Lipinski definition) is 0. The first kappa shape index (κ1) is 11.0. The highest BCUT2D eigenvalue weighted by Crippen LogP contribution is 2.24. The van der Waals surface area contributed by atoms with Gasteiger partial charge in [-0.1, -0.05) is 20.8 Å². The SMILES string of the molecule is CCOc1ncc(C(C)(C)C)cc1F. The highest BCUT2D eigenvalue weighted by Gasteiger charge is 2.16. The summed E-state index contributed by atoms with van der Waals surface area (Å²) in [4.78, 5) is 3.94. The zero-order valence-electron chi connectivity index (χ0n) is 9.10. The highest BCUT2D eigenvalue weighted by atomic mass is 19.1. The molecule has 14 heavy (non-hydrogen) atoms. The molecule has 0 aliphatic carbocycles. The van der Waals surface area contributed by atoms with Crippen LogP contribution in [-0.4, -0.2) is 11.6 Å². The minimum atomic E-state index is -0.390. The van der Waals surface area contributed by atoms with Crippen molar-refractivity contribution in [3.05, 3.63) is 23.6 Å². The van der Waals surface area contributed by atoms with Crippen LogP contribution in [0, 0.1) is 5.82 Å². The van der Waals surface area contributed by atoms with E-state index in [1.165, 1.54) is 6.07 Å². The van der Waals surface area contributed by atoms with Crippen LogP contribution in [0.25, 0.3) is 0 Å². The predicted octanol–water partition coefficient (Wildman–Crippen LogP) is 2.92. The van der Waals surface area contributed by atoms with Gasteiger partial charge in [-0.05, 0) is 24.0 Å². The van der Waals surface area contributed by atoms with Crippen LogP contribution < -0.4 is 4.74 Å². The summed E-state index contributed by atoms with van der Waals surface area (Å²) >= 11 is 0. The molecule has 0 spiro atoms. The summed E-state index contributed by atoms with van der Waals surface area (Å²) in [6.07, 6.45) is 1.66. The number of halogens is 1. The van der Waals surface area contributed by atoms with E-state index in [9.17, 15) is 4.39 Å². The molecule has 1 heterocycles. The number of pyridine rings is 1. The zero-order chi connectivity index (χ0) is 10.8. The number of rotatable bonds is 2. The van der Waals surface area contributed by atoms with E-state index in [1.54, 1.807) is 13.1 Å². The molecule has 0 aromatic carbocycles. The lowest BCUT2D eigenvalue weighted by molar-refractivity contribution is 0.306. The predicted molar refractivity (Wildman–Crippen MR) is 54.1 cm³/mol. The minimum absolute atomic E-state index is 0.0838. The molecular weight excluding hydrogens is 181 g/mol. The van der Waals surface area contributed by atoms with Crippen molar-refractivity contribution < 1.29 is 9.13 Å². The van der Waals surface area contributed by atoms with Crippen molar-refractivity contribution in [2.75, 3.05) is 6.61 Å². The maximum absolute atomic E-state index is 13.4. The van der Waals surface area contributed by atoms with Gasteiger partial charge in [0.2, 0.25) is 5.88 Å². The monoisotopic (exact) mass is 197 g/mol. The maximum atomic E-state index is 13.4. The first-order chi connectivity index (χ1) is 6.45. The smallest absolute Gasteiger partial charge is 0.250 e. The molecule has 1 aromatic heterocycles. The third kappa shape index (κ3) is 2.44. The highest BCUT2D eigenvalue weighted by molar-refractivity contribution is 5.25. The average molecular weight is 197 g/mol. The number of hydrogen-bond acceptors (Lipinski definition) is 2. The van der Waals surface area contributed by atoms with Crippen molar-refractivity contribution >= 4 is 0 Å². The van der Waals surface area contributed by atoms with Gasteiger partial charge < -0.3 is 4.74 Å². The Morgan fingerprint density at radius 2 is 2.07 bits per heavy atom. The lowest BCUT2D eigenvalue weighted by Crippen LogP contribution is -2.12. The quantitative estimate of drug-likeness (QED) is 0.727. The standard InChI is InChI=1S/C11H16FNO/c1-5-14-10-9(12)6-8(7-13-10)11(2,3)4/h6-7H,5H2,1-4H3. The molecule has 78 valence electrons. The topological polar surface area (TPSA) is 22.1 Å². The van der Waals surface area contributed by atoms with Gasteiger partial charge in [-0.25, -0.2) is 9.37 Å². The molecule has 0 atom stereocenters. The van der Waals surface area contributed by atoms with E-state index in [1.807, 2.05) is 20.8 Å². The van der Waals surface area contributed by atoms with E-state index in [4.69, 9.17) is 4.74 Å². The molecule has 0 unspecified atom stereocenters. The van der Waals surface area contributed by atoms with Gasteiger partial charge in [-0.15, -0.1) is 0 Å². The fourth-order valence-corrected chi connectivity index (χ4v) is 1.08. The van der Waals surface area contributed by atoms with Crippen molar-refractivity contribution in [3.8, 4) is 5.88 Å². The molecule has 0 aliphatic heterocycles. The Labute approximate surface area is 84.1 Å². The van der Waals surface area contributed by atoms with Gasteiger partial charge in [0.15, 0.2) is 5.82 Å². The van der Waals surface area contributed by atoms with E-state index in [2.05, 4.69) is 4.98 Å². The largest absolute Gasteiger partial charge is 0.476 e. The Hall–Kier alpha value is -1.12. The molecule has 0 bridgehead atoms. The van der Waals surface area contributed by atoms with Crippen LogP contribution >= 0.6 is 0 Å². The zero-order valence-corrected chi connectivity index (χ0v) is 9.10. The Morgan fingerprint density at radius 1 is 1.43 bits per heavy atom. The molecule has 2 nitrogen and oxygen atoms in total. The van der Waals surface area contributed by atoms with Crippen molar-refractivity contribution in [1.29, 1.82) is 0 Å². The normalized spacial score (nSPS) is 11.5. The molecule has 0 saturated heterocycles. The molecule has 1 rings (SSSR count). The van der Waals surface area contributed by atoms with E-state index in [-0.39, 0.29) is 17.1 Å². The van der Waals surface area contributed by atoms with Crippen LogP contribution in [0.2, 0.25) is 0 Å². The van der Waals surface area contributed by atoms with Gasteiger partial charge in [0.05, 0.1) is 6.61 Å². The second-order valence-corrected chi connectivity index (χ2v) is 4.19. The Bertz CT molecular complexity index is 318. The lowest BCUT2D eigenvalue weighted by atomic mass is 9.88. The first-order valence-electron chi connectivity index (χ1n) is 4.74. The van der Waals surface area contributed by atoms with Crippen molar-refractivity contribution in [2.45, 2.75) is 33.1 Å². The lowest BCUT2D eigenvalue weighted by Gasteiger charge is -2.18. The van der Waals surface area contributed by atoms with Gasteiger partial charge in [-0.3, -0.25) is 0 Å². The Kier molecular flexibility index (Phi) is 3.09. The molecule has 0 amide bonds. The Balaban J connectivity index is 3.01. The minimum Gasteiger partial charge on any atom is -0.476 e. The van der Waals surface area contributed by atoms with Gasteiger partial charge in [-0.2, -0.15) is 0 Å². The fraction of sp³-hybridized carbons (Fsp3) is 0.545. The maximum Gasteiger partial charge on any atom is 0.250 e. The Morgan fingerprint density at radius 3 is 2.50 bits per heavy atom. The molecule has 3 heteroatoms. The van der Waals surface area contributed by atoms with E-state index < -0.39 is 0 Å². The number of aromatic nitrogens is 1. The van der Waals surface area contributed by atoms with Gasteiger partial charge >= 0.3 is 0 Å². The third-order valence-electron chi connectivity index (χ3n) is 1.95. The molecule has 0 fully saturated rings. The number of nitrogens with zero attached hydrogens (tertiary/aromatic N) is 1. The summed E-state index contributed by atoms with van der Waals surface area (Å²) in [5.74, 6) is -0.306. The van der Waals surface area contributed by atoms with Crippen LogP contribution in [0.1, 0.15) is 33.3 Å². The molecule has 0 saturated carbocycles. The van der Waals surface area contributed by atoms with Crippen LogP contribution in [0.15, 0.2) is 12.3 Å². The van der Waals surface area contributed by atoms with Crippen LogP contribution in [-0.2, 0) is 5.41 Å². The summed E-state index contributed by atoms with van der Waals surface area (Å²) in [6, 6.07) is 1.48. The van der Waals surface area contributed by atoms with E-state index in [0.717, 1.165) is 5.56 Å². The van der Waals surface area contributed by atoms with Crippen LogP contribution in [0.3, 0.4) is 0 Å². The molecular formula is C11H16FNO. The molecule has 0 N–H and O–H groups in total. The summed E-state index contributed by atoms with van der Waals surface area (Å²) < 4.78 is 18.4. The van der Waals surface area contributed by atoms with Crippen molar-refractivity contribution in [1.82, 2.24) is 4.98 Å². The second-order valence-electron chi connectivity index (χ2n) is 4.19. The van der Waals surface area contributed by atoms with E-state index >= 15 is 0 Å². The van der Waals surface area contributed by atoms with Gasteiger partial charge in [0, 0.05) is 6.20 Å². The molecule has 0 aliphatic rings. The summed E-state index contributed by atoms with van der Waals surface area (Å²) in [5.41, 5.74) is 0.789. The average Bonchev–Trinajstić information content (AvgIpc) is 2.07. The van der Waals surface area contributed by atoms with Gasteiger partial charge in [0.25, 0.3) is 0 Å². The van der Waals surface area contributed by atoms with E-state index in [0.29, 0.717) is 6.61 Å². The summed E-state index contributed by atoms with van der Waals surface area (Å²) in [5, 5.41) is 0. The number of ether oxygens (including phenoxy) is 1. The van der Waals surface area contributed by atoms with Crippen LogP contribution in [0.4, 0.5) is 4.39 Å².